The second-order valence-corrected chi connectivity index (χ2v) is 7.80. The molecule has 150 valence electrons. The van der Waals surface area contributed by atoms with E-state index in [0.717, 1.165) is 13.0 Å². The number of carbonyl (C=O) groups is 2. The van der Waals surface area contributed by atoms with Gasteiger partial charge in [-0.3, -0.25) is 4.79 Å². The topological polar surface area (TPSA) is 84.7 Å². The molecular weight excluding hydrogens is 356 g/mol. The van der Waals surface area contributed by atoms with E-state index in [1.807, 2.05) is 6.07 Å². The summed E-state index contributed by atoms with van der Waals surface area (Å²) in [5.41, 5.74) is 1.60. The van der Waals surface area contributed by atoms with Crippen LogP contribution in [0.1, 0.15) is 55.9 Å². The molecule has 7 nitrogen and oxygen atoms in total. The zero-order chi connectivity index (χ0) is 19.5. The number of imidazole rings is 1. The Bertz CT molecular complexity index is 856. The van der Waals surface area contributed by atoms with Crippen LogP contribution >= 0.6 is 0 Å². The van der Waals surface area contributed by atoms with Gasteiger partial charge in [0.05, 0.1) is 18.3 Å². The Hall–Kier alpha value is -2.41. The first-order chi connectivity index (χ1) is 13.7. The summed E-state index contributed by atoms with van der Waals surface area (Å²) in [5.74, 6) is 0.663. The maximum atomic E-state index is 12.9. The highest BCUT2D eigenvalue weighted by Crippen LogP contribution is 2.36. The average Bonchev–Trinajstić information content (AvgIpc) is 3.36. The van der Waals surface area contributed by atoms with Crippen LogP contribution in [0.2, 0.25) is 0 Å². The van der Waals surface area contributed by atoms with Gasteiger partial charge in [0.25, 0.3) is 0 Å². The van der Waals surface area contributed by atoms with Crippen molar-refractivity contribution in [3.05, 3.63) is 30.2 Å². The molecule has 2 aromatic rings. The van der Waals surface area contributed by atoms with E-state index in [1.54, 1.807) is 29.8 Å². The van der Waals surface area contributed by atoms with Gasteiger partial charge in [0.2, 0.25) is 5.91 Å². The minimum absolute atomic E-state index is 0.0261. The van der Waals surface area contributed by atoms with Gasteiger partial charge >= 0.3 is 5.97 Å². The van der Waals surface area contributed by atoms with Gasteiger partial charge in [-0.25, -0.2) is 9.78 Å². The first kappa shape index (κ1) is 18.9. The van der Waals surface area contributed by atoms with Gasteiger partial charge < -0.3 is 19.8 Å². The van der Waals surface area contributed by atoms with Crippen LogP contribution in [-0.2, 0) is 9.53 Å². The number of hydrogen-bond acceptors (Lipinski definition) is 5. The Kier molecular flexibility index (Phi) is 5.62. The molecule has 1 aliphatic heterocycles. The Morgan fingerprint density at radius 1 is 1.21 bits per heavy atom. The molecule has 3 heterocycles. The lowest BCUT2D eigenvalue weighted by Crippen LogP contribution is -2.42. The van der Waals surface area contributed by atoms with Crippen LogP contribution in [0.5, 0.6) is 0 Å². The van der Waals surface area contributed by atoms with Crippen LogP contribution in [0, 0.1) is 11.8 Å². The van der Waals surface area contributed by atoms with Crippen molar-refractivity contribution >= 4 is 23.2 Å². The highest BCUT2D eigenvalue weighted by atomic mass is 16.5. The van der Waals surface area contributed by atoms with E-state index in [2.05, 4.69) is 15.6 Å². The van der Waals surface area contributed by atoms with Crippen molar-refractivity contribution in [2.24, 2.45) is 11.8 Å². The van der Waals surface area contributed by atoms with Crippen molar-refractivity contribution in [3.63, 3.8) is 0 Å². The van der Waals surface area contributed by atoms with E-state index < -0.39 is 5.97 Å². The molecule has 4 rings (SSSR count). The van der Waals surface area contributed by atoms with Crippen molar-refractivity contribution in [1.29, 1.82) is 0 Å². The molecule has 1 saturated carbocycles. The number of hydrogen-bond donors (Lipinski definition) is 2. The molecule has 0 aromatic carbocycles. The largest absolute Gasteiger partial charge is 0.461 e. The fourth-order valence-corrected chi connectivity index (χ4v) is 4.67. The van der Waals surface area contributed by atoms with Gasteiger partial charge in [0.15, 0.2) is 5.69 Å². The average molecular weight is 384 g/mol. The zero-order valence-electron chi connectivity index (χ0n) is 16.3. The number of fused-ring (bicyclic) bond motifs is 1. The number of rotatable bonds is 5. The summed E-state index contributed by atoms with van der Waals surface area (Å²) in [7, 11) is 0. The molecular formula is C21H28N4O3. The second kappa shape index (κ2) is 8.31. The van der Waals surface area contributed by atoms with Crippen LogP contribution in [-0.4, -0.2) is 40.5 Å². The monoisotopic (exact) mass is 384 g/mol. The standard InChI is InChI=1S/C21H28N4O3/c1-2-28-21(27)17-13-25-12-15(8-9-18(25)24-17)23-20(26)19-16(10-11-22-19)14-6-4-3-5-7-14/h8-9,12-14,16,19,22H,2-7,10-11H2,1H3,(H,23,26). The zero-order valence-corrected chi connectivity index (χ0v) is 16.3. The number of amides is 1. The predicted octanol–water partition coefficient (Wildman–Crippen LogP) is 3.01. The summed E-state index contributed by atoms with van der Waals surface area (Å²) in [6, 6.07) is 3.48. The highest BCUT2D eigenvalue weighted by molar-refractivity contribution is 5.95. The van der Waals surface area contributed by atoms with Gasteiger partial charge in [-0.1, -0.05) is 32.1 Å². The van der Waals surface area contributed by atoms with E-state index in [9.17, 15) is 9.59 Å². The molecule has 2 atom stereocenters. The van der Waals surface area contributed by atoms with Gasteiger partial charge in [0, 0.05) is 12.4 Å². The molecule has 28 heavy (non-hydrogen) atoms. The summed E-state index contributed by atoms with van der Waals surface area (Å²) in [4.78, 5) is 29.1. The van der Waals surface area contributed by atoms with Crippen LogP contribution in [0.15, 0.2) is 24.5 Å². The van der Waals surface area contributed by atoms with Gasteiger partial charge in [-0.05, 0) is 43.9 Å². The van der Waals surface area contributed by atoms with E-state index in [4.69, 9.17) is 4.74 Å². The lowest BCUT2D eigenvalue weighted by atomic mass is 9.76. The second-order valence-electron chi connectivity index (χ2n) is 7.80. The Morgan fingerprint density at radius 2 is 2.04 bits per heavy atom. The number of nitrogens with zero attached hydrogens (tertiary/aromatic N) is 2. The summed E-state index contributed by atoms with van der Waals surface area (Å²) < 4.78 is 6.74. The molecule has 2 aliphatic rings. The molecule has 0 bridgehead atoms. The van der Waals surface area contributed by atoms with Crippen LogP contribution in [0.3, 0.4) is 0 Å². The highest BCUT2D eigenvalue weighted by Gasteiger charge is 2.38. The minimum atomic E-state index is -0.442. The maximum Gasteiger partial charge on any atom is 0.358 e. The van der Waals surface area contributed by atoms with Crippen molar-refractivity contribution in [3.8, 4) is 0 Å². The summed E-state index contributed by atoms with van der Waals surface area (Å²) >= 11 is 0. The predicted molar refractivity (Wildman–Crippen MR) is 106 cm³/mol. The summed E-state index contributed by atoms with van der Waals surface area (Å²) in [6.07, 6.45) is 10.9. The van der Waals surface area contributed by atoms with E-state index in [0.29, 0.717) is 29.8 Å². The smallest absolute Gasteiger partial charge is 0.358 e. The Morgan fingerprint density at radius 3 is 2.82 bits per heavy atom. The first-order valence-electron chi connectivity index (χ1n) is 10.4. The van der Waals surface area contributed by atoms with E-state index >= 15 is 0 Å². The molecule has 1 amide bonds. The molecule has 0 spiro atoms. The SMILES string of the molecule is CCOC(=O)c1cn2cc(NC(=O)C3NCCC3C3CCCCC3)ccc2n1. The molecule has 0 radical (unpaired) electrons. The molecule has 2 aromatic heterocycles. The number of pyridine rings is 1. The fraction of sp³-hybridized carbons (Fsp3) is 0.571. The third-order valence-electron chi connectivity index (χ3n) is 6.01. The van der Waals surface area contributed by atoms with E-state index in [1.165, 1.54) is 32.1 Å². The number of aromatic nitrogens is 2. The van der Waals surface area contributed by atoms with Crippen LogP contribution in [0.4, 0.5) is 5.69 Å². The van der Waals surface area contributed by atoms with Crippen LogP contribution < -0.4 is 10.6 Å². The molecule has 2 N–H and O–H groups in total. The van der Waals surface area contributed by atoms with Crippen LogP contribution in [0.25, 0.3) is 5.65 Å². The molecule has 7 heteroatoms. The number of carbonyl (C=O) groups excluding carboxylic acids is 2. The summed E-state index contributed by atoms with van der Waals surface area (Å²) in [5, 5.41) is 6.44. The number of esters is 1. The fourth-order valence-electron chi connectivity index (χ4n) is 4.67. The first-order valence-corrected chi connectivity index (χ1v) is 10.4. The van der Waals surface area contributed by atoms with Gasteiger partial charge in [-0.2, -0.15) is 0 Å². The third-order valence-corrected chi connectivity index (χ3v) is 6.01. The van der Waals surface area contributed by atoms with Gasteiger partial charge in [0.1, 0.15) is 5.65 Å². The van der Waals surface area contributed by atoms with Crippen molar-refractivity contribution in [2.45, 2.75) is 51.5 Å². The Labute approximate surface area is 164 Å². The third kappa shape index (κ3) is 3.90. The van der Waals surface area contributed by atoms with Crippen molar-refractivity contribution < 1.29 is 14.3 Å². The van der Waals surface area contributed by atoms with Crippen molar-refractivity contribution in [2.75, 3.05) is 18.5 Å². The molecule has 2 unspecified atom stereocenters. The summed E-state index contributed by atoms with van der Waals surface area (Å²) in [6.45, 7) is 2.98. The van der Waals surface area contributed by atoms with Gasteiger partial charge in [-0.15, -0.1) is 0 Å². The maximum absolute atomic E-state index is 12.9. The molecule has 1 saturated heterocycles. The molecule has 2 fully saturated rings. The number of anilines is 1. The lowest BCUT2D eigenvalue weighted by molar-refractivity contribution is -0.119. The number of ether oxygens (including phenoxy) is 1. The quantitative estimate of drug-likeness (QED) is 0.774. The number of nitrogens with one attached hydrogen (secondary N) is 2. The normalized spacial score (nSPS) is 23.0. The Balaban J connectivity index is 1.46. The van der Waals surface area contributed by atoms with E-state index in [-0.39, 0.29) is 17.6 Å². The minimum Gasteiger partial charge on any atom is -0.461 e. The van der Waals surface area contributed by atoms with Crippen molar-refractivity contribution in [1.82, 2.24) is 14.7 Å². The lowest BCUT2D eigenvalue weighted by Gasteiger charge is -2.30. The molecule has 1 aliphatic carbocycles.